The first-order chi connectivity index (χ1) is 8.20. The highest BCUT2D eigenvalue weighted by molar-refractivity contribution is 9.11. The van der Waals surface area contributed by atoms with Crippen LogP contribution in [-0.4, -0.2) is 12.6 Å². The number of nitrogens with one attached hydrogen (secondary N) is 1. The van der Waals surface area contributed by atoms with Crippen molar-refractivity contribution in [1.29, 1.82) is 0 Å². The van der Waals surface area contributed by atoms with Gasteiger partial charge in [-0.1, -0.05) is 6.42 Å². The lowest BCUT2D eigenvalue weighted by molar-refractivity contribution is 0.333. The van der Waals surface area contributed by atoms with Crippen LogP contribution < -0.4 is 10.1 Å². The van der Waals surface area contributed by atoms with E-state index in [1.54, 1.807) is 0 Å². The molecule has 1 saturated carbocycles. The third-order valence-electron chi connectivity index (χ3n) is 3.05. The Hall–Kier alpha value is -0.0600. The van der Waals surface area contributed by atoms with Gasteiger partial charge in [0.2, 0.25) is 0 Å². The molecular formula is C13H17Br2NO. The monoisotopic (exact) mass is 361 g/mol. The molecule has 94 valence electrons. The molecule has 1 fully saturated rings. The molecule has 0 heterocycles. The fourth-order valence-corrected chi connectivity index (χ4v) is 3.38. The topological polar surface area (TPSA) is 21.3 Å². The van der Waals surface area contributed by atoms with Gasteiger partial charge in [-0.2, -0.15) is 0 Å². The van der Waals surface area contributed by atoms with Crippen LogP contribution in [0.2, 0.25) is 0 Å². The second-order valence-electron chi connectivity index (χ2n) is 4.33. The average Bonchev–Trinajstić information content (AvgIpc) is 2.21. The third kappa shape index (κ3) is 3.46. The van der Waals surface area contributed by atoms with E-state index < -0.39 is 0 Å². The van der Waals surface area contributed by atoms with Gasteiger partial charge in [0.25, 0.3) is 0 Å². The van der Waals surface area contributed by atoms with E-state index in [9.17, 15) is 0 Å². The summed E-state index contributed by atoms with van der Waals surface area (Å²) in [6, 6.07) is 4.97. The van der Waals surface area contributed by atoms with Gasteiger partial charge in [-0.3, -0.25) is 0 Å². The molecule has 0 atom stereocenters. The van der Waals surface area contributed by atoms with Gasteiger partial charge in [-0.05, 0) is 69.3 Å². The zero-order chi connectivity index (χ0) is 12.3. The van der Waals surface area contributed by atoms with E-state index in [1.165, 1.54) is 24.8 Å². The molecule has 4 heteroatoms. The molecule has 0 bridgehead atoms. The number of benzene rings is 1. The highest BCUT2D eigenvalue weighted by atomic mass is 79.9. The molecular weight excluding hydrogens is 346 g/mol. The first kappa shape index (κ1) is 13.4. The van der Waals surface area contributed by atoms with Crippen LogP contribution in [0.5, 0.6) is 5.75 Å². The van der Waals surface area contributed by atoms with Crippen molar-refractivity contribution >= 4 is 31.9 Å². The molecule has 2 rings (SSSR count). The SMILES string of the molecule is CCOc1c(Br)cc(CNC2CCC2)cc1Br. The Kier molecular flexibility index (Phi) is 4.88. The van der Waals surface area contributed by atoms with Gasteiger partial charge in [-0.15, -0.1) is 0 Å². The molecule has 17 heavy (non-hydrogen) atoms. The third-order valence-corrected chi connectivity index (χ3v) is 4.22. The molecule has 1 aliphatic carbocycles. The van der Waals surface area contributed by atoms with Gasteiger partial charge in [-0.25, -0.2) is 0 Å². The summed E-state index contributed by atoms with van der Waals surface area (Å²) in [6.45, 7) is 3.59. The summed E-state index contributed by atoms with van der Waals surface area (Å²) in [5.41, 5.74) is 1.28. The van der Waals surface area contributed by atoms with Gasteiger partial charge in [0.15, 0.2) is 0 Å². The van der Waals surface area contributed by atoms with Crippen molar-refractivity contribution in [3.05, 3.63) is 26.6 Å². The summed E-state index contributed by atoms with van der Waals surface area (Å²) in [4.78, 5) is 0. The number of halogens is 2. The van der Waals surface area contributed by atoms with Gasteiger partial charge in [0, 0.05) is 12.6 Å². The zero-order valence-electron chi connectivity index (χ0n) is 9.93. The van der Waals surface area contributed by atoms with Crippen LogP contribution in [0.4, 0.5) is 0 Å². The molecule has 1 aromatic carbocycles. The van der Waals surface area contributed by atoms with Crippen LogP contribution in [0.15, 0.2) is 21.1 Å². The van der Waals surface area contributed by atoms with Crippen molar-refractivity contribution < 1.29 is 4.74 Å². The Morgan fingerprint density at radius 2 is 1.94 bits per heavy atom. The molecule has 0 spiro atoms. The van der Waals surface area contributed by atoms with Crippen molar-refractivity contribution in [1.82, 2.24) is 5.32 Å². The van der Waals surface area contributed by atoms with E-state index in [2.05, 4.69) is 49.3 Å². The van der Waals surface area contributed by atoms with Gasteiger partial charge < -0.3 is 10.1 Å². The van der Waals surface area contributed by atoms with Crippen molar-refractivity contribution in [3.8, 4) is 5.75 Å². The summed E-state index contributed by atoms with van der Waals surface area (Å²) in [6.07, 6.45) is 4.01. The molecule has 1 aliphatic rings. The fraction of sp³-hybridized carbons (Fsp3) is 0.538. The Morgan fingerprint density at radius 3 is 2.41 bits per heavy atom. The predicted molar refractivity (Wildman–Crippen MR) is 77.5 cm³/mol. The van der Waals surface area contributed by atoms with Crippen molar-refractivity contribution in [2.75, 3.05) is 6.61 Å². The Labute approximate surface area is 119 Å². The Morgan fingerprint density at radius 1 is 1.29 bits per heavy atom. The highest BCUT2D eigenvalue weighted by Crippen LogP contribution is 2.34. The zero-order valence-corrected chi connectivity index (χ0v) is 13.1. The first-order valence-corrected chi connectivity index (χ1v) is 7.63. The number of rotatable bonds is 5. The lowest BCUT2D eigenvalue weighted by Gasteiger charge is -2.26. The van der Waals surface area contributed by atoms with E-state index in [1.807, 2.05) is 6.92 Å². The van der Waals surface area contributed by atoms with Crippen LogP contribution in [0.25, 0.3) is 0 Å². The number of ether oxygens (including phenoxy) is 1. The average molecular weight is 363 g/mol. The largest absolute Gasteiger partial charge is 0.492 e. The van der Waals surface area contributed by atoms with Gasteiger partial charge >= 0.3 is 0 Å². The van der Waals surface area contributed by atoms with Gasteiger partial charge in [0.05, 0.1) is 15.6 Å². The standard InChI is InChI=1S/C13H17Br2NO/c1-2-17-13-11(14)6-9(7-12(13)15)8-16-10-4-3-5-10/h6-7,10,16H,2-5,8H2,1H3. The minimum Gasteiger partial charge on any atom is -0.492 e. The summed E-state index contributed by atoms with van der Waals surface area (Å²) < 4.78 is 7.59. The minimum absolute atomic E-state index is 0.677. The van der Waals surface area contributed by atoms with Crippen LogP contribution in [0.3, 0.4) is 0 Å². The quantitative estimate of drug-likeness (QED) is 0.845. The van der Waals surface area contributed by atoms with E-state index in [0.29, 0.717) is 6.61 Å². The summed E-state index contributed by atoms with van der Waals surface area (Å²) >= 11 is 7.11. The molecule has 0 unspecified atom stereocenters. The molecule has 0 aromatic heterocycles. The lowest BCUT2D eigenvalue weighted by atomic mass is 9.93. The summed E-state index contributed by atoms with van der Waals surface area (Å²) in [5, 5.41) is 3.56. The lowest BCUT2D eigenvalue weighted by Crippen LogP contribution is -2.34. The molecule has 2 nitrogen and oxygen atoms in total. The Bertz CT molecular complexity index is 368. The number of hydrogen-bond acceptors (Lipinski definition) is 2. The fourth-order valence-electron chi connectivity index (χ4n) is 1.87. The number of hydrogen-bond donors (Lipinski definition) is 1. The minimum atomic E-state index is 0.677. The van der Waals surface area contributed by atoms with Crippen molar-refractivity contribution in [2.24, 2.45) is 0 Å². The smallest absolute Gasteiger partial charge is 0.147 e. The first-order valence-electron chi connectivity index (χ1n) is 6.04. The second kappa shape index (κ2) is 6.21. The second-order valence-corrected chi connectivity index (χ2v) is 6.04. The predicted octanol–water partition coefficient (Wildman–Crippen LogP) is 4.25. The van der Waals surface area contributed by atoms with Crippen LogP contribution in [0.1, 0.15) is 31.7 Å². The summed E-state index contributed by atoms with van der Waals surface area (Å²) in [7, 11) is 0. The molecule has 1 aromatic rings. The maximum absolute atomic E-state index is 5.57. The summed E-state index contributed by atoms with van der Waals surface area (Å²) in [5.74, 6) is 0.889. The van der Waals surface area contributed by atoms with Crippen molar-refractivity contribution in [3.63, 3.8) is 0 Å². The molecule has 0 aliphatic heterocycles. The van der Waals surface area contributed by atoms with Gasteiger partial charge in [0.1, 0.15) is 5.75 Å². The molecule has 0 amide bonds. The maximum atomic E-state index is 5.57. The van der Waals surface area contributed by atoms with Crippen molar-refractivity contribution in [2.45, 2.75) is 38.8 Å². The van der Waals surface area contributed by atoms with Crippen LogP contribution in [0, 0.1) is 0 Å². The van der Waals surface area contributed by atoms with E-state index in [4.69, 9.17) is 4.74 Å². The van der Waals surface area contributed by atoms with E-state index >= 15 is 0 Å². The Balaban J connectivity index is 2.02. The molecule has 0 saturated heterocycles. The van der Waals surface area contributed by atoms with E-state index in [-0.39, 0.29) is 0 Å². The normalized spacial score (nSPS) is 15.7. The van der Waals surface area contributed by atoms with Crippen LogP contribution >= 0.6 is 31.9 Å². The molecule has 1 N–H and O–H groups in total. The van der Waals surface area contributed by atoms with E-state index in [0.717, 1.165) is 27.3 Å². The maximum Gasteiger partial charge on any atom is 0.147 e. The van der Waals surface area contributed by atoms with Crippen LogP contribution in [-0.2, 0) is 6.54 Å². The highest BCUT2D eigenvalue weighted by Gasteiger charge is 2.16. The molecule has 0 radical (unpaired) electrons.